The number of nitrogens with zero attached hydrogens (tertiary/aromatic N) is 1. The number of rotatable bonds is 3. The molecule has 1 aromatic heterocycles. The molecule has 0 aliphatic carbocycles. The van der Waals surface area contributed by atoms with Crippen molar-refractivity contribution in [2.45, 2.75) is 6.04 Å². The number of aromatic nitrogens is 1. The molecule has 1 unspecified atom stereocenters. The van der Waals surface area contributed by atoms with E-state index in [1.807, 2.05) is 0 Å². The number of nitrogens with two attached hydrogens (primary N) is 1. The lowest BCUT2D eigenvalue weighted by atomic mass is 10.2. The number of hydrogen-bond acceptors (Lipinski definition) is 4. The molecule has 7 heteroatoms. The van der Waals surface area contributed by atoms with Crippen molar-refractivity contribution in [3.05, 3.63) is 39.6 Å². The van der Waals surface area contributed by atoms with Gasteiger partial charge in [-0.2, -0.15) is 0 Å². The standard InChI is InChI=1S/C11H8BrFN2O2S/c12-7-2-1-5(13)3-6(7)10-15-8(4-18-10)9(14)11(16)17/h1-4,9H,14H2,(H,16,17). The van der Waals surface area contributed by atoms with Gasteiger partial charge < -0.3 is 10.8 Å². The quantitative estimate of drug-likeness (QED) is 0.907. The van der Waals surface area contributed by atoms with Gasteiger partial charge in [0.1, 0.15) is 16.9 Å². The number of carboxylic acids is 1. The van der Waals surface area contributed by atoms with Crippen LogP contribution in [-0.2, 0) is 4.79 Å². The fourth-order valence-electron chi connectivity index (χ4n) is 1.34. The van der Waals surface area contributed by atoms with Crippen molar-refractivity contribution in [2.24, 2.45) is 5.73 Å². The zero-order chi connectivity index (χ0) is 13.3. The van der Waals surface area contributed by atoms with E-state index in [1.54, 1.807) is 11.4 Å². The molecule has 0 radical (unpaired) electrons. The minimum Gasteiger partial charge on any atom is -0.480 e. The van der Waals surface area contributed by atoms with Crippen molar-refractivity contribution in [3.63, 3.8) is 0 Å². The van der Waals surface area contributed by atoms with Gasteiger partial charge in [-0.3, -0.25) is 4.79 Å². The van der Waals surface area contributed by atoms with Crippen LogP contribution in [0.5, 0.6) is 0 Å². The molecule has 0 saturated carbocycles. The average molecular weight is 331 g/mol. The minimum atomic E-state index is -1.16. The lowest BCUT2D eigenvalue weighted by molar-refractivity contribution is -0.138. The molecule has 94 valence electrons. The summed E-state index contributed by atoms with van der Waals surface area (Å²) in [5.74, 6) is -1.53. The molecule has 18 heavy (non-hydrogen) atoms. The number of thiazole rings is 1. The van der Waals surface area contributed by atoms with Gasteiger partial charge in [0.05, 0.1) is 5.69 Å². The first-order valence-electron chi connectivity index (χ1n) is 4.88. The summed E-state index contributed by atoms with van der Waals surface area (Å²) >= 11 is 4.51. The molecule has 0 bridgehead atoms. The van der Waals surface area contributed by atoms with Crippen LogP contribution in [0.1, 0.15) is 11.7 Å². The molecule has 1 aromatic carbocycles. The first kappa shape index (κ1) is 13.1. The Hall–Kier alpha value is -1.31. The highest BCUT2D eigenvalue weighted by Crippen LogP contribution is 2.32. The van der Waals surface area contributed by atoms with Crippen molar-refractivity contribution in [3.8, 4) is 10.6 Å². The smallest absolute Gasteiger partial charge is 0.326 e. The van der Waals surface area contributed by atoms with Crippen molar-refractivity contribution in [2.75, 3.05) is 0 Å². The van der Waals surface area contributed by atoms with E-state index < -0.39 is 12.0 Å². The van der Waals surface area contributed by atoms with E-state index >= 15 is 0 Å². The second kappa shape index (κ2) is 5.13. The van der Waals surface area contributed by atoms with Crippen LogP contribution in [0.2, 0.25) is 0 Å². The Bertz CT molecular complexity index is 602. The maximum atomic E-state index is 13.2. The van der Waals surface area contributed by atoms with E-state index in [-0.39, 0.29) is 11.5 Å². The number of aliphatic carboxylic acids is 1. The van der Waals surface area contributed by atoms with Gasteiger partial charge >= 0.3 is 5.97 Å². The van der Waals surface area contributed by atoms with Gasteiger partial charge in [0.2, 0.25) is 0 Å². The average Bonchev–Trinajstić information content (AvgIpc) is 2.80. The Morgan fingerprint density at radius 2 is 2.28 bits per heavy atom. The Morgan fingerprint density at radius 1 is 1.56 bits per heavy atom. The van der Waals surface area contributed by atoms with E-state index in [9.17, 15) is 9.18 Å². The van der Waals surface area contributed by atoms with Gasteiger partial charge in [0.15, 0.2) is 0 Å². The van der Waals surface area contributed by atoms with Crippen molar-refractivity contribution in [1.82, 2.24) is 4.98 Å². The molecule has 1 heterocycles. The highest BCUT2D eigenvalue weighted by molar-refractivity contribution is 9.10. The van der Waals surface area contributed by atoms with Crippen molar-refractivity contribution >= 4 is 33.2 Å². The fraction of sp³-hybridized carbons (Fsp3) is 0.0909. The van der Waals surface area contributed by atoms with Crippen LogP contribution in [0.3, 0.4) is 0 Å². The zero-order valence-electron chi connectivity index (χ0n) is 8.93. The summed E-state index contributed by atoms with van der Waals surface area (Å²) in [5, 5.41) is 10.9. The third-order valence-corrected chi connectivity index (χ3v) is 3.85. The second-order valence-corrected chi connectivity index (χ2v) is 5.23. The molecule has 0 saturated heterocycles. The van der Waals surface area contributed by atoms with Crippen LogP contribution in [0.4, 0.5) is 4.39 Å². The molecule has 4 nitrogen and oxygen atoms in total. The first-order valence-corrected chi connectivity index (χ1v) is 6.55. The lowest BCUT2D eigenvalue weighted by Gasteiger charge is -2.02. The van der Waals surface area contributed by atoms with E-state index in [0.29, 0.717) is 15.0 Å². The Labute approximate surface area is 114 Å². The number of carbonyl (C=O) groups is 1. The van der Waals surface area contributed by atoms with Gasteiger partial charge in [-0.25, -0.2) is 9.37 Å². The molecule has 3 N–H and O–H groups in total. The molecule has 2 rings (SSSR count). The fourth-order valence-corrected chi connectivity index (χ4v) is 2.79. The largest absolute Gasteiger partial charge is 0.480 e. The number of carboxylic acid groups (broad SMARTS) is 1. The Morgan fingerprint density at radius 3 is 2.94 bits per heavy atom. The first-order chi connectivity index (χ1) is 8.49. The summed E-state index contributed by atoms with van der Waals surface area (Å²) in [6.45, 7) is 0. The third kappa shape index (κ3) is 2.58. The maximum absolute atomic E-state index is 13.2. The van der Waals surface area contributed by atoms with Crippen LogP contribution in [0, 0.1) is 5.82 Å². The molecule has 0 aliphatic rings. The lowest BCUT2D eigenvalue weighted by Crippen LogP contribution is -2.20. The summed E-state index contributed by atoms with van der Waals surface area (Å²) in [7, 11) is 0. The van der Waals surface area contributed by atoms with Gasteiger partial charge in [-0.05, 0) is 18.2 Å². The highest BCUT2D eigenvalue weighted by atomic mass is 79.9. The van der Waals surface area contributed by atoms with E-state index in [1.165, 1.54) is 23.5 Å². The summed E-state index contributed by atoms with van der Waals surface area (Å²) < 4.78 is 13.9. The Kier molecular flexibility index (Phi) is 3.74. The van der Waals surface area contributed by atoms with Crippen LogP contribution in [-0.4, -0.2) is 16.1 Å². The molecule has 0 fully saturated rings. The van der Waals surface area contributed by atoms with Crippen molar-refractivity contribution < 1.29 is 14.3 Å². The highest BCUT2D eigenvalue weighted by Gasteiger charge is 2.19. The van der Waals surface area contributed by atoms with Crippen molar-refractivity contribution in [1.29, 1.82) is 0 Å². The normalized spacial score (nSPS) is 12.4. The summed E-state index contributed by atoms with van der Waals surface area (Å²) in [5.41, 5.74) is 6.29. The molecule has 0 aliphatic heterocycles. The third-order valence-electron chi connectivity index (χ3n) is 2.27. The predicted octanol–water partition coefficient (Wildman–Crippen LogP) is 2.80. The van der Waals surface area contributed by atoms with Gasteiger partial charge in [0.25, 0.3) is 0 Å². The second-order valence-electron chi connectivity index (χ2n) is 3.52. The van der Waals surface area contributed by atoms with E-state index in [4.69, 9.17) is 10.8 Å². The number of hydrogen-bond donors (Lipinski definition) is 2. The van der Waals surface area contributed by atoms with Crippen LogP contribution in [0.15, 0.2) is 28.1 Å². The summed E-state index contributed by atoms with van der Waals surface area (Å²) in [6.07, 6.45) is 0. The molecule has 0 amide bonds. The van der Waals surface area contributed by atoms with Gasteiger partial charge in [0, 0.05) is 15.4 Å². The van der Waals surface area contributed by atoms with E-state index in [0.717, 1.165) is 0 Å². The summed E-state index contributed by atoms with van der Waals surface area (Å²) in [6, 6.07) is 3.06. The maximum Gasteiger partial charge on any atom is 0.326 e. The van der Waals surface area contributed by atoms with Crippen LogP contribution < -0.4 is 5.73 Å². The van der Waals surface area contributed by atoms with Gasteiger partial charge in [-0.1, -0.05) is 15.9 Å². The number of benzene rings is 1. The predicted molar refractivity (Wildman–Crippen MR) is 69.8 cm³/mol. The molecule has 2 aromatic rings. The minimum absolute atomic E-state index is 0.263. The van der Waals surface area contributed by atoms with Gasteiger partial charge in [-0.15, -0.1) is 11.3 Å². The molecule has 1 atom stereocenters. The molecular formula is C11H8BrFN2O2S. The monoisotopic (exact) mass is 330 g/mol. The zero-order valence-corrected chi connectivity index (χ0v) is 11.3. The van der Waals surface area contributed by atoms with Crippen LogP contribution >= 0.6 is 27.3 Å². The SMILES string of the molecule is NC(C(=O)O)c1csc(-c2cc(F)ccc2Br)n1. The van der Waals surface area contributed by atoms with E-state index in [2.05, 4.69) is 20.9 Å². The number of halogens is 2. The van der Waals surface area contributed by atoms with Crippen LogP contribution in [0.25, 0.3) is 10.6 Å². The molecular weight excluding hydrogens is 323 g/mol. The Balaban J connectivity index is 2.41. The topological polar surface area (TPSA) is 76.2 Å². The molecule has 0 spiro atoms. The summed E-state index contributed by atoms with van der Waals surface area (Å²) in [4.78, 5) is 14.9.